The van der Waals surface area contributed by atoms with E-state index in [2.05, 4.69) is 28.8 Å². The van der Waals surface area contributed by atoms with Crippen LogP contribution in [0, 0.1) is 17.7 Å². The van der Waals surface area contributed by atoms with Crippen molar-refractivity contribution in [3.05, 3.63) is 42.3 Å². The minimum Gasteiger partial charge on any atom is -0.368 e. The van der Waals surface area contributed by atoms with Crippen molar-refractivity contribution in [2.45, 2.75) is 26.8 Å². The Kier molecular flexibility index (Phi) is 4.91. The zero-order valence-corrected chi connectivity index (χ0v) is 16.5. The van der Waals surface area contributed by atoms with Gasteiger partial charge in [-0.05, 0) is 37.1 Å². The van der Waals surface area contributed by atoms with Gasteiger partial charge in [0.1, 0.15) is 5.82 Å². The lowest BCUT2D eigenvalue weighted by atomic mass is 9.85. The molecule has 28 heavy (non-hydrogen) atoms. The van der Waals surface area contributed by atoms with Crippen LogP contribution in [0.3, 0.4) is 0 Å². The van der Waals surface area contributed by atoms with Crippen LogP contribution in [-0.4, -0.2) is 52.5 Å². The molecule has 2 aliphatic heterocycles. The standard InChI is InChI=1S/C21H26FN5O/c1-14(2)20-19(15(3)24-18-8-9-23-27(18)20)21(28)26-12-10-25(11-13-26)17-6-4-16(22)5-7-17/h4-9,14,19-20H,10-13H2,1-3H3. The van der Waals surface area contributed by atoms with Gasteiger partial charge in [0, 0.05) is 43.6 Å². The summed E-state index contributed by atoms with van der Waals surface area (Å²) in [5, 5.41) is 4.43. The predicted molar refractivity (Wildman–Crippen MR) is 108 cm³/mol. The first-order valence-electron chi connectivity index (χ1n) is 9.83. The smallest absolute Gasteiger partial charge is 0.233 e. The van der Waals surface area contributed by atoms with Crippen molar-refractivity contribution in [2.75, 3.05) is 31.1 Å². The molecule has 148 valence electrons. The minimum absolute atomic E-state index is 0.0230. The molecular formula is C21H26FN5O. The average molecular weight is 383 g/mol. The molecule has 2 unspecified atom stereocenters. The number of fused-ring (bicyclic) bond motifs is 1. The summed E-state index contributed by atoms with van der Waals surface area (Å²) in [7, 11) is 0. The summed E-state index contributed by atoms with van der Waals surface area (Å²) in [6, 6.07) is 8.40. The fourth-order valence-electron chi connectivity index (χ4n) is 4.29. The average Bonchev–Trinajstić information content (AvgIpc) is 3.14. The molecule has 0 aliphatic carbocycles. The predicted octanol–water partition coefficient (Wildman–Crippen LogP) is 3.29. The van der Waals surface area contributed by atoms with Crippen LogP contribution in [0.2, 0.25) is 0 Å². The molecule has 1 fully saturated rings. The van der Waals surface area contributed by atoms with Crippen LogP contribution < -0.4 is 4.90 Å². The Morgan fingerprint density at radius 1 is 1.11 bits per heavy atom. The van der Waals surface area contributed by atoms with Crippen LogP contribution >= 0.6 is 0 Å². The Morgan fingerprint density at radius 3 is 2.43 bits per heavy atom. The molecule has 0 saturated carbocycles. The van der Waals surface area contributed by atoms with Crippen LogP contribution in [0.25, 0.3) is 0 Å². The van der Waals surface area contributed by atoms with E-state index in [0.29, 0.717) is 13.1 Å². The van der Waals surface area contributed by atoms with E-state index < -0.39 is 0 Å². The maximum atomic E-state index is 13.4. The van der Waals surface area contributed by atoms with E-state index in [1.165, 1.54) is 12.1 Å². The maximum absolute atomic E-state index is 13.4. The second-order valence-corrected chi connectivity index (χ2v) is 7.89. The van der Waals surface area contributed by atoms with Crippen molar-refractivity contribution >= 4 is 23.1 Å². The molecule has 2 atom stereocenters. The zero-order chi connectivity index (χ0) is 19.8. The molecule has 0 spiro atoms. The molecule has 2 aliphatic rings. The van der Waals surface area contributed by atoms with Gasteiger partial charge in [0.25, 0.3) is 0 Å². The summed E-state index contributed by atoms with van der Waals surface area (Å²) in [5.41, 5.74) is 1.85. The van der Waals surface area contributed by atoms with Gasteiger partial charge in [-0.3, -0.25) is 4.79 Å². The number of hydrogen-bond acceptors (Lipinski definition) is 4. The first-order valence-corrected chi connectivity index (χ1v) is 9.83. The van der Waals surface area contributed by atoms with Gasteiger partial charge in [-0.15, -0.1) is 0 Å². The number of halogens is 1. The molecule has 0 radical (unpaired) electrons. The Hall–Kier alpha value is -2.70. The fourth-order valence-corrected chi connectivity index (χ4v) is 4.29. The molecule has 1 aromatic heterocycles. The van der Waals surface area contributed by atoms with Gasteiger partial charge in [-0.1, -0.05) is 13.8 Å². The van der Waals surface area contributed by atoms with E-state index in [0.717, 1.165) is 30.3 Å². The number of hydrogen-bond donors (Lipinski definition) is 0. The van der Waals surface area contributed by atoms with Crippen molar-refractivity contribution in [1.29, 1.82) is 0 Å². The molecule has 2 aromatic rings. The molecule has 4 rings (SSSR count). The SMILES string of the molecule is CC1=Nc2ccnn2C(C(C)C)C1C(=O)N1CCN(c2ccc(F)cc2)CC1. The van der Waals surface area contributed by atoms with Gasteiger partial charge in [-0.25, -0.2) is 14.1 Å². The van der Waals surface area contributed by atoms with Crippen LogP contribution in [0.4, 0.5) is 15.9 Å². The summed E-state index contributed by atoms with van der Waals surface area (Å²) >= 11 is 0. The normalized spacial score (nSPS) is 22.2. The zero-order valence-electron chi connectivity index (χ0n) is 16.5. The summed E-state index contributed by atoms with van der Waals surface area (Å²) in [6.07, 6.45) is 1.75. The topological polar surface area (TPSA) is 53.7 Å². The minimum atomic E-state index is -0.287. The van der Waals surface area contributed by atoms with Gasteiger partial charge in [-0.2, -0.15) is 5.10 Å². The van der Waals surface area contributed by atoms with Gasteiger partial charge in [0.05, 0.1) is 18.2 Å². The quantitative estimate of drug-likeness (QED) is 0.817. The molecule has 6 nitrogen and oxygen atoms in total. The highest BCUT2D eigenvalue weighted by Gasteiger charge is 2.41. The van der Waals surface area contributed by atoms with E-state index in [9.17, 15) is 9.18 Å². The van der Waals surface area contributed by atoms with Crippen molar-refractivity contribution in [2.24, 2.45) is 16.8 Å². The summed E-state index contributed by atoms with van der Waals surface area (Å²) < 4.78 is 15.1. The van der Waals surface area contributed by atoms with E-state index in [-0.39, 0.29) is 29.6 Å². The number of amides is 1. The molecule has 0 N–H and O–H groups in total. The first kappa shape index (κ1) is 18.7. The van der Waals surface area contributed by atoms with Crippen molar-refractivity contribution in [3.63, 3.8) is 0 Å². The highest BCUT2D eigenvalue weighted by Crippen LogP contribution is 2.37. The monoisotopic (exact) mass is 383 g/mol. The van der Waals surface area contributed by atoms with Crippen molar-refractivity contribution < 1.29 is 9.18 Å². The number of carbonyl (C=O) groups excluding carboxylic acids is 1. The molecular weight excluding hydrogens is 357 g/mol. The third kappa shape index (κ3) is 3.30. The largest absolute Gasteiger partial charge is 0.368 e. The lowest BCUT2D eigenvalue weighted by Crippen LogP contribution is -2.53. The number of anilines is 1. The van der Waals surface area contributed by atoms with E-state index in [1.807, 2.05) is 22.6 Å². The van der Waals surface area contributed by atoms with Crippen molar-refractivity contribution in [3.8, 4) is 0 Å². The number of carbonyl (C=O) groups is 1. The van der Waals surface area contributed by atoms with E-state index in [4.69, 9.17) is 0 Å². The Bertz CT molecular complexity index is 880. The Labute approximate surface area is 164 Å². The summed E-state index contributed by atoms with van der Waals surface area (Å²) in [6.45, 7) is 8.97. The number of aromatic nitrogens is 2. The number of aliphatic imine (C=N–C) groups is 1. The van der Waals surface area contributed by atoms with Gasteiger partial charge < -0.3 is 9.80 Å². The number of rotatable bonds is 3. The third-order valence-electron chi connectivity index (χ3n) is 5.75. The van der Waals surface area contributed by atoms with E-state index in [1.54, 1.807) is 18.3 Å². The summed E-state index contributed by atoms with van der Waals surface area (Å²) in [5.74, 6) is 0.687. The lowest BCUT2D eigenvalue weighted by molar-refractivity contribution is -0.135. The molecule has 0 bridgehead atoms. The molecule has 3 heterocycles. The van der Waals surface area contributed by atoms with E-state index >= 15 is 0 Å². The summed E-state index contributed by atoms with van der Waals surface area (Å²) in [4.78, 5) is 22.2. The lowest BCUT2D eigenvalue weighted by Gasteiger charge is -2.40. The first-order chi connectivity index (χ1) is 13.5. The molecule has 1 amide bonds. The van der Waals surface area contributed by atoms with Gasteiger partial charge in [0.2, 0.25) is 5.91 Å². The second-order valence-electron chi connectivity index (χ2n) is 7.89. The van der Waals surface area contributed by atoms with Crippen LogP contribution in [-0.2, 0) is 4.79 Å². The molecule has 1 aromatic carbocycles. The number of piperazine rings is 1. The second kappa shape index (κ2) is 7.37. The maximum Gasteiger partial charge on any atom is 0.233 e. The Balaban J connectivity index is 1.49. The van der Waals surface area contributed by atoms with Gasteiger partial charge in [0.15, 0.2) is 5.82 Å². The van der Waals surface area contributed by atoms with Crippen LogP contribution in [0.15, 0.2) is 41.5 Å². The van der Waals surface area contributed by atoms with Crippen LogP contribution in [0.1, 0.15) is 26.8 Å². The number of nitrogens with zero attached hydrogens (tertiary/aromatic N) is 5. The van der Waals surface area contributed by atoms with Crippen LogP contribution in [0.5, 0.6) is 0 Å². The Morgan fingerprint density at radius 2 is 1.79 bits per heavy atom. The van der Waals surface area contributed by atoms with Crippen molar-refractivity contribution in [1.82, 2.24) is 14.7 Å². The third-order valence-corrected chi connectivity index (χ3v) is 5.75. The fraction of sp³-hybridized carbons (Fsp3) is 0.476. The highest BCUT2D eigenvalue weighted by molar-refractivity contribution is 6.05. The molecule has 7 heteroatoms. The number of benzene rings is 1. The highest BCUT2D eigenvalue weighted by atomic mass is 19.1. The molecule has 1 saturated heterocycles. The van der Waals surface area contributed by atoms with Gasteiger partial charge >= 0.3 is 0 Å².